The molecule has 1 heterocycles. The minimum Gasteiger partial charge on any atom is -0.398 e. The Morgan fingerprint density at radius 3 is 2.61 bits per heavy atom. The number of nitrogen functional groups attached to an aromatic ring is 1. The van der Waals surface area contributed by atoms with Crippen molar-refractivity contribution in [2.45, 2.75) is 20.8 Å². The summed E-state index contributed by atoms with van der Waals surface area (Å²) >= 11 is 1.34. The summed E-state index contributed by atoms with van der Waals surface area (Å²) in [4.78, 5) is 16.8. The summed E-state index contributed by atoms with van der Waals surface area (Å²) < 4.78 is 0. The fourth-order valence-electron chi connectivity index (χ4n) is 1.70. The number of anilines is 2. The fraction of sp³-hybridized carbons (Fsp3) is 0.231. The van der Waals surface area contributed by atoms with E-state index in [9.17, 15) is 4.79 Å². The Bertz CT molecular complexity index is 604. The van der Waals surface area contributed by atoms with Gasteiger partial charge in [-0.15, -0.1) is 11.3 Å². The zero-order valence-corrected chi connectivity index (χ0v) is 11.4. The number of nitrogens with one attached hydrogen (secondary N) is 1. The third-order valence-electron chi connectivity index (χ3n) is 2.81. The molecule has 0 saturated carbocycles. The number of nitrogens with zero attached hydrogens (tertiary/aromatic N) is 1. The van der Waals surface area contributed by atoms with E-state index in [4.69, 9.17) is 5.73 Å². The highest BCUT2D eigenvalue weighted by Crippen LogP contribution is 2.23. The number of carbonyl (C=O) groups excluding carboxylic acids is 1. The average molecular weight is 261 g/mol. The first-order valence-corrected chi connectivity index (χ1v) is 6.45. The molecule has 1 aromatic carbocycles. The first-order valence-electron chi connectivity index (χ1n) is 5.57. The normalized spacial score (nSPS) is 10.4. The molecule has 0 aliphatic heterocycles. The highest BCUT2D eigenvalue weighted by Gasteiger charge is 2.13. The molecule has 0 aliphatic rings. The fourth-order valence-corrected chi connectivity index (χ4v) is 2.40. The van der Waals surface area contributed by atoms with Gasteiger partial charge in [0.15, 0.2) is 0 Å². The average Bonchev–Trinajstić information content (AvgIpc) is 2.72. The Balaban J connectivity index is 2.28. The number of hydrogen-bond acceptors (Lipinski definition) is 4. The van der Waals surface area contributed by atoms with Crippen LogP contribution >= 0.6 is 11.3 Å². The summed E-state index contributed by atoms with van der Waals surface area (Å²) in [6.45, 7) is 5.71. The van der Waals surface area contributed by atoms with Gasteiger partial charge in [-0.25, -0.2) is 4.98 Å². The summed E-state index contributed by atoms with van der Waals surface area (Å²) in [5.74, 6) is -0.138. The van der Waals surface area contributed by atoms with Crippen molar-refractivity contribution in [2.24, 2.45) is 0 Å². The number of hydrogen-bond donors (Lipinski definition) is 2. The third kappa shape index (κ3) is 2.36. The van der Waals surface area contributed by atoms with Crippen molar-refractivity contribution in [3.8, 4) is 0 Å². The number of benzene rings is 1. The first-order chi connectivity index (χ1) is 8.49. The second-order valence-electron chi connectivity index (χ2n) is 4.24. The van der Waals surface area contributed by atoms with E-state index in [1.807, 2.05) is 26.8 Å². The Labute approximate surface area is 110 Å². The minimum atomic E-state index is -0.138. The minimum absolute atomic E-state index is 0.138. The van der Waals surface area contributed by atoms with Crippen LogP contribution in [-0.4, -0.2) is 10.9 Å². The molecule has 0 unspecified atom stereocenters. The lowest BCUT2D eigenvalue weighted by molar-refractivity contribution is 0.102. The van der Waals surface area contributed by atoms with Crippen LogP contribution in [0.2, 0.25) is 0 Å². The molecule has 3 N–H and O–H groups in total. The Morgan fingerprint density at radius 1 is 1.28 bits per heavy atom. The number of aryl methyl sites for hydroxylation is 3. The molecule has 0 atom stereocenters. The maximum Gasteiger partial charge on any atom is 0.267 e. The zero-order chi connectivity index (χ0) is 13.3. The van der Waals surface area contributed by atoms with Gasteiger partial charge in [0.25, 0.3) is 5.91 Å². The Morgan fingerprint density at radius 2 is 2.00 bits per heavy atom. The quantitative estimate of drug-likeness (QED) is 0.817. The van der Waals surface area contributed by atoms with E-state index in [0.717, 1.165) is 22.5 Å². The summed E-state index contributed by atoms with van der Waals surface area (Å²) in [7, 11) is 0. The molecule has 0 saturated heterocycles. The molecule has 2 aromatic rings. The van der Waals surface area contributed by atoms with Gasteiger partial charge in [-0.1, -0.05) is 6.07 Å². The van der Waals surface area contributed by atoms with Crippen molar-refractivity contribution in [1.82, 2.24) is 4.98 Å². The molecule has 0 fully saturated rings. The van der Waals surface area contributed by atoms with E-state index < -0.39 is 0 Å². The molecule has 5 heteroatoms. The van der Waals surface area contributed by atoms with Crippen molar-refractivity contribution >= 4 is 28.6 Å². The topological polar surface area (TPSA) is 68.0 Å². The number of rotatable bonds is 2. The van der Waals surface area contributed by atoms with E-state index in [0.29, 0.717) is 10.6 Å². The largest absolute Gasteiger partial charge is 0.398 e. The van der Waals surface area contributed by atoms with Gasteiger partial charge in [-0.05, 0) is 38.0 Å². The van der Waals surface area contributed by atoms with E-state index in [-0.39, 0.29) is 5.91 Å². The maximum atomic E-state index is 12.1. The molecule has 0 spiro atoms. The van der Waals surface area contributed by atoms with Gasteiger partial charge in [0.1, 0.15) is 4.88 Å². The van der Waals surface area contributed by atoms with Gasteiger partial charge in [0, 0.05) is 11.4 Å². The molecule has 18 heavy (non-hydrogen) atoms. The maximum absolute atomic E-state index is 12.1. The first kappa shape index (κ1) is 12.6. The van der Waals surface area contributed by atoms with E-state index >= 15 is 0 Å². The number of amides is 1. The second kappa shape index (κ2) is 4.78. The van der Waals surface area contributed by atoms with Crippen LogP contribution in [0.5, 0.6) is 0 Å². The van der Waals surface area contributed by atoms with Gasteiger partial charge >= 0.3 is 0 Å². The molecule has 1 aromatic heterocycles. The lowest BCUT2D eigenvalue weighted by Crippen LogP contribution is -2.13. The highest BCUT2D eigenvalue weighted by molar-refractivity contribution is 7.12. The number of carbonyl (C=O) groups is 1. The van der Waals surface area contributed by atoms with Crippen molar-refractivity contribution < 1.29 is 4.79 Å². The van der Waals surface area contributed by atoms with E-state index in [1.54, 1.807) is 11.6 Å². The number of nitrogens with two attached hydrogens (primary N) is 1. The number of thiazole rings is 1. The summed E-state index contributed by atoms with van der Waals surface area (Å²) in [5.41, 5.74) is 11.7. The molecule has 0 aliphatic carbocycles. The Kier molecular flexibility index (Phi) is 3.34. The van der Waals surface area contributed by atoms with Crippen LogP contribution in [0.3, 0.4) is 0 Å². The highest BCUT2D eigenvalue weighted by atomic mass is 32.1. The zero-order valence-electron chi connectivity index (χ0n) is 10.6. The molecule has 2 rings (SSSR count). The molecule has 1 amide bonds. The van der Waals surface area contributed by atoms with Crippen LogP contribution in [0.4, 0.5) is 11.4 Å². The van der Waals surface area contributed by atoms with Crippen molar-refractivity contribution in [3.63, 3.8) is 0 Å². The Hall–Kier alpha value is -1.88. The molecule has 4 nitrogen and oxygen atoms in total. The number of aromatic nitrogens is 1. The SMILES string of the molecule is Cc1cc(C)c(NC(=O)c2scnc2C)cc1N. The van der Waals surface area contributed by atoms with Crippen LogP contribution in [0.25, 0.3) is 0 Å². The smallest absolute Gasteiger partial charge is 0.267 e. The monoisotopic (exact) mass is 261 g/mol. The predicted octanol–water partition coefficient (Wildman–Crippen LogP) is 2.90. The van der Waals surface area contributed by atoms with Gasteiger partial charge in [0.2, 0.25) is 0 Å². The predicted molar refractivity (Wildman–Crippen MR) is 75.1 cm³/mol. The lowest BCUT2D eigenvalue weighted by atomic mass is 10.1. The molecular weight excluding hydrogens is 246 g/mol. The van der Waals surface area contributed by atoms with Crippen LogP contribution in [0, 0.1) is 20.8 Å². The molecule has 94 valence electrons. The molecular formula is C13H15N3OS. The van der Waals surface area contributed by atoms with Gasteiger partial charge in [0.05, 0.1) is 11.2 Å². The van der Waals surface area contributed by atoms with Crippen molar-refractivity contribution in [3.05, 3.63) is 39.3 Å². The van der Waals surface area contributed by atoms with Gasteiger partial charge in [-0.2, -0.15) is 0 Å². The van der Waals surface area contributed by atoms with Crippen LogP contribution < -0.4 is 11.1 Å². The van der Waals surface area contributed by atoms with Gasteiger partial charge < -0.3 is 11.1 Å². The van der Waals surface area contributed by atoms with Gasteiger partial charge in [-0.3, -0.25) is 4.79 Å². The summed E-state index contributed by atoms with van der Waals surface area (Å²) in [6.07, 6.45) is 0. The summed E-state index contributed by atoms with van der Waals surface area (Å²) in [6, 6.07) is 3.75. The van der Waals surface area contributed by atoms with Crippen molar-refractivity contribution in [1.29, 1.82) is 0 Å². The van der Waals surface area contributed by atoms with Crippen LogP contribution in [-0.2, 0) is 0 Å². The standard InChI is InChI=1S/C13H15N3OS/c1-7-4-8(2)11(5-10(7)14)16-13(17)12-9(3)15-6-18-12/h4-6H,14H2,1-3H3,(H,16,17). The molecule has 0 bridgehead atoms. The van der Waals surface area contributed by atoms with Crippen LogP contribution in [0.15, 0.2) is 17.6 Å². The molecule has 0 radical (unpaired) electrons. The van der Waals surface area contributed by atoms with Crippen LogP contribution in [0.1, 0.15) is 26.5 Å². The lowest BCUT2D eigenvalue weighted by Gasteiger charge is -2.10. The van der Waals surface area contributed by atoms with E-state index in [1.165, 1.54) is 11.3 Å². The second-order valence-corrected chi connectivity index (χ2v) is 5.10. The van der Waals surface area contributed by atoms with E-state index in [2.05, 4.69) is 10.3 Å². The summed E-state index contributed by atoms with van der Waals surface area (Å²) in [5, 5.41) is 2.87. The van der Waals surface area contributed by atoms with Crippen molar-refractivity contribution in [2.75, 3.05) is 11.1 Å². The third-order valence-corrected chi connectivity index (χ3v) is 3.74.